The molecule has 0 heterocycles. The second kappa shape index (κ2) is 2.93. The lowest BCUT2D eigenvalue weighted by Gasteiger charge is -2.09. The number of hydrazine groups is 1. The summed E-state index contributed by atoms with van der Waals surface area (Å²) in [4.78, 5) is 0.796. The van der Waals surface area contributed by atoms with Gasteiger partial charge in [-0.05, 0) is 6.92 Å². The summed E-state index contributed by atoms with van der Waals surface area (Å²) in [6.07, 6.45) is 0. The second-order valence-electron chi connectivity index (χ2n) is 1.56. The molecule has 0 saturated carbocycles. The maximum absolute atomic E-state index is 4.72. The molecule has 0 bridgehead atoms. The van der Waals surface area contributed by atoms with E-state index in [2.05, 4.69) is 5.43 Å². The summed E-state index contributed by atoms with van der Waals surface area (Å²) in [6.45, 7) is 1.84. The van der Waals surface area contributed by atoms with E-state index in [1.807, 2.05) is 26.0 Å². The first-order valence-electron chi connectivity index (χ1n) is 2.07. The van der Waals surface area contributed by atoms with Crippen molar-refractivity contribution >= 4 is 17.2 Å². The first kappa shape index (κ1) is 6.85. The molecule has 0 aliphatic carbocycles. The zero-order chi connectivity index (χ0) is 5.86. The van der Waals surface area contributed by atoms with Crippen molar-refractivity contribution in [3.05, 3.63) is 0 Å². The van der Waals surface area contributed by atoms with E-state index >= 15 is 0 Å². The van der Waals surface area contributed by atoms with Crippen LogP contribution in [0.4, 0.5) is 0 Å². The maximum Gasteiger partial charge on any atom is 0.0865 e. The highest BCUT2D eigenvalue weighted by molar-refractivity contribution is 7.80. The Morgan fingerprint density at radius 2 is 2.00 bits per heavy atom. The van der Waals surface area contributed by atoms with Gasteiger partial charge in [-0.25, -0.2) is 5.01 Å². The third-order valence-electron chi connectivity index (χ3n) is 0.381. The van der Waals surface area contributed by atoms with E-state index in [9.17, 15) is 0 Å². The molecular weight excluding hydrogens is 108 g/mol. The molecule has 42 valence electrons. The van der Waals surface area contributed by atoms with E-state index in [0.717, 1.165) is 4.99 Å². The molecular formula is C4H10N2S. The Morgan fingerprint density at radius 3 is 2.00 bits per heavy atom. The van der Waals surface area contributed by atoms with E-state index in [0.29, 0.717) is 0 Å². The topological polar surface area (TPSA) is 15.3 Å². The van der Waals surface area contributed by atoms with Gasteiger partial charge in [0.1, 0.15) is 0 Å². The van der Waals surface area contributed by atoms with Crippen LogP contribution >= 0.6 is 12.2 Å². The third kappa shape index (κ3) is 5.85. The van der Waals surface area contributed by atoms with Crippen molar-refractivity contribution in [1.29, 1.82) is 0 Å². The lowest BCUT2D eigenvalue weighted by molar-refractivity contribution is 0.364. The van der Waals surface area contributed by atoms with E-state index in [-0.39, 0.29) is 0 Å². The highest BCUT2D eigenvalue weighted by Crippen LogP contribution is 1.67. The van der Waals surface area contributed by atoms with Crippen LogP contribution in [0.3, 0.4) is 0 Å². The van der Waals surface area contributed by atoms with Crippen LogP contribution in [0.5, 0.6) is 0 Å². The zero-order valence-electron chi connectivity index (χ0n) is 4.86. The Morgan fingerprint density at radius 1 is 1.57 bits per heavy atom. The number of hydrogen-bond donors (Lipinski definition) is 1. The van der Waals surface area contributed by atoms with Crippen LogP contribution in [0.2, 0.25) is 0 Å². The average molecular weight is 118 g/mol. The van der Waals surface area contributed by atoms with Crippen LogP contribution in [-0.4, -0.2) is 24.1 Å². The molecule has 0 aliphatic rings. The van der Waals surface area contributed by atoms with Crippen molar-refractivity contribution < 1.29 is 0 Å². The van der Waals surface area contributed by atoms with Gasteiger partial charge >= 0.3 is 0 Å². The van der Waals surface area contributed by atoms with Crippen LogP contribution < -0.4 is 5.43 Å². The van der Waals surface area contributed by atoms with Crippen molar-refractivity contribution in [2.45, 2.75) is 6.92 Å². The molecule has 0 aromatic heterocycles. The SMILES string of the molecule is CC(=S)NN(C)C. The molecule has 0 aromatic rings. The summed E-state index contributed by atoms with van der Waals surface area (Å²) in [5, 5.41) is 1.81. The van der Waals surface area contributed by atoms with Crippen LogP contribution in [0, 0.1) is 0 Å². The molecule has 0 unspecified atom stereocenters. The van der Waals surface area contributed by atoms with Gasteiger partial charge in [-0.15, -0.1) is 0 Å². The smallest absolute Gasteiger partial charge is 0.0865 e. The lowest BCUT2D eigenvalue weighted by atomic mass is 10.8. The largest absolute Gasteiger partial charge is 0.314 e. The Balaban J connectivity index is 3.13. The number of nitrogens with zero attached hydrogens (tertiary/aromatic N) is 1. The Labute approximate surface area is 49.5 Å². The molecule has 0 radical (unpaired) electrons. The Kier molecular flexibility index (Phi) is 2.87. The van der Waals surface area contributed by atoms with E-state index in [4.69, 9.17) is 12.2 Å². The molecule has 0 spiro atoms. The fourth-order valence-corrected chi connectivity index (χ4v) is 0.497. The molecule has 0 fully saturated rings. The highest BCUT2D eigenvalue weighted by atomic mass is 32.1. The first-order valence-corrected chi connectivity index (χ1v) is 2.48. The predicted molar refractivity (Wildman–Crippen MR) is 35.1 cm³/mol. The second-order valence-corrected chi connectivity index (χ2v) is 2.17. The fraction of sp³-hybridized carbons (Fsp3) is 0.750. The summed E-state index contributed by atoms with van der Waals surface area (Å²) < 4.78 is 0. The summed E-state index contributed by atoms with van der Waals surface area (Å²) in [5.74, 6) is 0. The normalized spacial score (nSPS) is 9.14. The maximum atomic E-state index is 4.72. The van der Waals surface area contributed by atoms with Crippen molar-refractivity contribution in [2.75, 3.05) is 14.1 Å². The van der Waals surface area contributed by atoms with Gasteiger partial charge in [-0.3, -0.25) is 0 Å². The number of rotatable bonds is 1. The van der Waals surface area contributed by atoms with Gasteiger partial charge in [0.15, 0.2) is 0 Å². The molecule has 0 rings (SSSR count). The number of hydrogen-bond acceptors (Lipinski definition) is 2. The fourth-order valence-electron chi connectivity index (χ4n) is 0.315. The monoisotopic (exact) mass is 118 g/mol. The van der Waals surface area contributed by atoms with Gasteiger partial charge < -0.3 is 5.43 Å². The molecule has 0 saturated heterocycles. The predicted octanol–water partition coefficient (Wildman–Crippen LogP) is 0.400. The van der Waals surface area contributed by atoms with Gasteiger partial charge in [-0.2, -0.15) is 0 Å². The quantitative estimate of drug-likeness (QED) is 0.396. The standard InChI is InChI=1S/C4H10N2S/c1-4(7)5-6(2)3/h1-3H3,(H,5,7). The molecule has 1 N–H and O–H groups in total. The summed E-state index contributed by atoms with van der Waals surface area (Å²) in [6, 6.07) is 0. The molecule has 0 atom stereocenters. The van der Waals surface area contributed by atoms with E-state index in [1.54, 1.807) is 0 Å². The zero-order valence-corrected chi connectivity index (χ0v) is 5.67. The van der Waals surface area contributed by atoms with Crippen LogP contribution in [0.1, 0.15) is 6.92 Å². The average Bonchev–Trinajstić information content (AvgIpc) is 1.27. The third-order valence-corrected chi connectivity index (χ3v) is 0.472. The van der Waals surface area contributed by atoms with Crippen molar-refractivity contribution in [1.82, 2.24) is 10.4 Å². The van der Waals surface area contributed by atoms with E-state index in [1.165, 1.54) is 0 Å². The van der Waals surface area contributed by atoms with Gasteiger partial charge in [0.25, 0.3) is 0 Å². The summed E-state index contributed by atoms with van der Waals surface area (Å²) in [7, 11) is 3.80. The van der Waals surface area contributed by atoms with Crippen molar-refractivity contribution in [3.63, 3.8) is 0 Å². The number of thiocarbonyl (C=S) groups is 1. The van der Waals surface area contributed by atoms with Gasteiger partial charge in [0, 0.05) is 14.1 Å². The van der Waals surface area contributed by atoms with Crippen LogP contribution in [0.25, 0.3) is 0 Å². The Hall–Kier alpha value is -0.150. The molecule has 0 aromatic carbocycles. The van der Waals surface area contributed by atoms with Gasteiger partial charge in [0.05, 0.1) is 4.99 Å². The minimum absolute atomic E-state index is 0.796. The molecule has 7 heavy (non-hydrogen) atoms. The van der Waals surface area contributed by atoms with E-state index < -0.39 is 0 Å². The van der Waals surface area contributed by atoms with Crippen molar-refractivity contribution in [3.8, 4) is 0 Å². The summed E-state index contributed by atoms with van der Waals surface area (Å²) >= 11 is 4.72. The molecule has 3 heteroatoms. The first-order chi connectivity index (χ1) is 3.13. The Bertz CT molecular complexity index is 70.1. The van der Waals surface area contributed by atoms with Crippen LogP contribution in [-0.2, 0) is 0 Å². The van der Waals surface area contributed by atoms with Crippen LogP contribution in [0.15, 0.2) is 0 Å². The lowest BCUT2D eigenvalue weighted by Crippen LogP contribution is -2.33. The molecule has 2 nitrogen and oxygen atoms in total. The molecule has 0 amide bonds. The number of nitrogens with one attached hydrogen (secondary N) is 1. The molecule has 0 aliphatic heterocycles. The highest BCUT2D eigenvalue weighted by Gasteiger charge is 1.82. The summed E-state index contributed by atoms with van der Waals surface area (Å²) in [5.41, 5.74) is 2.87. The minimum Gasteiger partial charge on any atom is -0.314 e. The van der Waals surface area contributed by atoms with Gasteiger partial charge in [-0.1, -0.05) is 12.2 Å². The minimum atomic E-state index is 0.796. The van der Waals surface area contributed by atoms with Gasteiger partial charge in [0.2, 0.25) is 0 Å². The van der Waals surface area contributed by atoms with Crippen molar-refractivity contribution in [2.24, 2.45) is 0 Å².